The number of nitrogens with one attached hydrogen (secondary N) is 1. The number of likely N-dealkylation sites (N-methyl/N-ethyl adjacent to an activating group) is 1. The maximum Gasteiger partial charge on any atom is 0.0879 e. The second kappa shape index (κ2) is 7.37. The lowest BCUT2D eigenvalue weighted by Crippen LogP contribution is -2.49. The Morgan fingerprint density at radius 3 is 2.90 bits per heavy atom. The second-order valence-corrected chi connectivity index (χ2v) is 6.42. The molecule has 1 saturated carbocycles. The van der Waals surface area contributed by atoms with Crippen LogP contribution >= 0.6 is 0 Å². The van der Waals surface area contributed by atoms with Gasteiger partial charge in [0.25, 0.3) is 0 Å². The predicted octanol–water partition coefficient (Wildman–Crippen LogP) is 4.03. The van der Waals surface area contributed by atoms with Crippen LogP contribution in [0.4, 0.5) is 0 Å². The summed E-state index contributed by atoms with van der Waals surface area (Å²) in [7, 11) is 0. The van der Waals surface area contributed by atoms with Gasteiger partial charge in [-0.05, 0) is 56.3 Å². The van der Waals surface area contributed by atoms with E-state index in [0.717, 1.165) is 31.9 Å². The molecule has 0 radical (unpaired) electrons. The van der Waals surface area contributed by atoms with Crippen molar-refractivity contribution in [2.75, 3.05) is 13.2 Å². The predicted molar refractivity (Wildman–Crippen MR) is 87.4 cm³/mol. The van der Waals surface area contributed by atoms with Crippen molar-refractivity contribution >= 4 is 0 Å². The van der Waals surface area contributed by atoms with Gasteiger partial charge < -0.3 is 10.1 Å². The van der Waals surface area contributed by atoms with Gasteiger partial charge in [-0.15, -0.1) is 0 Å². The second-order valence-electron chi connectivity index (χ2n) is 6.42. The SMILES string of the molecule is CCNC(c1cnccc1C)C1(OCC)CCCC(C)C1. The van der Waals surface area contributed by atoms with E-state index in [4.69, 9.17) is 4.74 Å². The van der Waals surface area contributed by atoms with Crippen molar-refractivity contribution in [3.8, 4) is 0 Å². The molecular weight excluding hydrogens is 260 g/mol. The molecule has 1 heterocycles. The van der Waals surface area contributed by atoms with Crippen LogP contribution in [-0.4, -0.2) is 23.7 Å². The molecular formula is C18H30N2O. The van der Waals surface area contributed by atoms with Gasteiger partial charge in [0.1, 0.15) is 0 Å². The van der Waals surface area contributed by atoms with Gasteiger partial charge in [0.05, 0.1) is 11.6 Å². The topological polar surface area (TPSA) is 34.2 Å². The monoisotopic (exact) mass is 290 g/mol. The van der Waals surface area contributed by atoms with E-state index < -0.39 is 0 Å². The summed E-state index contributed by atoms with van der Waals surface area (Å²) < 4.78 is 6.37. The molecule has 1 aliphatic carbocycles. The average Bonchev–Trinajstić information content (AvgIpc) is 2.46. The zero-order chi connectivity index (χ0) is 15.3. The molecule has 0 spiro atoms. The minimum absolute atomic E-state index is 0.0871. The maximum absolute atomic E-state index is 6.37. The molecule has 0 aliphatic heterocycles. The number of hydrogen-bond donors (Lipinski definition) is 1. The molecule has 3 atom stereocenters. The van der Waals surface area contributed by atoms with E-state index in [1.807, 2.05) is 12.4 Å². The number of rotatable bonds is 6. The van der Waals surface area contributed by atoms with Crippen LogP contribution < -0.4 is 5.32 Å². The molecule has 3 nitrogen and oxygen atoms in total. The Kier molecular flexibility index (Phi) is 5.77. The number of aromatic nitrogens is 1. The summed E-state index contributed by atoms with van der Waals surface area (Å²) in [6.45, 7) is 10.5. The van der Waals surface area contributed by atoms with Gasteiger partial charge in [0.15, 0.2) is 0 Å². The lowest BCUT2D eigenvalue weighted by atomic mass is 9.72. The summed E-state index contributed by atoms with van der Waals surface area (Å²) in [5.41, 5.74) is 2.51. The fraction of sp³-hybridized carbons (Fsp3) is 0.722. The zero-order valence-corrected chi connectivity index (χ0v) is 14.0. The third-order valence-corrected chi connectivity index (χ3v) is 4.75. The van der Waals surface area contributed by atoms with Crippen molar-refractivity contribution in [2.45, 2.75) is 65.0 Å². The normalized spacial score (nSPS) is 27.5. The molecule has 1 fully saturated rings. The van der Waals surface area contributed by atoms with Crippen molar-refractivity contribution in [2.24, 2.45) is 5.92 Å². The van der Waals surface area contributed by atoms with Gasteiger partial charge >= 0.3 is 0 Å². The summed E-state index contributed by atoms with van der Waals surface area (Å²) in [6, 6.07) is 2.34. The zero-order valence-electron chi connectivity index (χ0n) is 14.0. The van der Waals surface area contributed by atoms with Crippen molar-refractivity contribution in [3.05, 3.63) is 29.6 Å². The highest BCUT2D eigenvalue weighted by Gasteiger charge is 2.43. The average molecular weight is 290 g/mol. The Morgan fingerprint density at radius 2 is 2.29 bits per heavy atom. The Bertz CT molecular complexity index is 445. The van der Waals surface area contributed by atoms with E-state index in [-0.39, 0.29) is 11.6 Å². The number of nitrogens with zero attached hydrogens (tertiary/aromatic N) is 1. The highest BCUT2D eigenvalue weighted by atomic mass is 16.5. The third-order valence-electron chi connectivity index (χ3n) is 4.75. The van der Waals surface area contributed by atoms with E-state index in [2.05, 4.69) is 44.1 Å². The number of aryl methyl sites for hydroxylation is 1. The lowest BCUT2D eigenvalue weighted by Gasteiger charge is -2.46. The van der Waals surface area contributed by atoms with Crippen LogP contribution in [0, 0.1) is 12.8 Å². The van der Waals surface area contributed by atoms with E-state index in [0.29, 0.717) is 0 Å². The number of ether oxygens (including phenoxy) is 1. The first-order valence-electron chi connectivity index (χ1n) is 8.40. The molecule has 0 bridgehead atoms. The molecule has 1 aliphatic rings. The van der Waals surface area contributed by atoms with Crippen LogP contribution in [0.1, 0.15) is 63.6 Å². The summed E-state index contributed by atoms with van der Waals surface area (Å²) >= 11 is 0. The number of hydrogen-bond acceptors (Lipinski definition) is 3. The lowest BCUT2D eigenvalue weighted by molar-refractivity contribution is -0.102. The molecule has 2 rings (SSSR count). The summed E-state index contributed by atoms with van der Waals surface area (Å²) in [4.78, 5) is 4.36. The van der Waals surface area contributed by atoms with E-state index >= 15 is 0 Å². The number of pyridine rings is 1. The van der Waals surface area contributed by atoms with Crippen LogP contribution in [0.5, 0.6) is 0 Å². The first-order chi connectivity index (χ1) is 10.1. The Labute approximate surface area is 129 Å². The van der Waals surface area contributed by atoms with E-state index in [1.54, 1.807) is 0 Å². The van der Waals surface area contributed by atoms with E-state index in [1.165, 1.54) is 24.0 Å². The van der Waals surface area contributed by atoms with Crippen molar-refractivity contribution in [1.82, 2.24) is 10.3 Å². The van der Waals surface area contributed by atoms with Gasteiger partial charge in [0, 0.05) is 19.0 Å². The Balaban J connectivity index is 2.39. The largest absolute Gasteiger partial charge is 0.373 e. The minimum Gasteiger partial charge on any atom is -0.373 e. The van der Waals surface area contributed by atoms with Crippen molar-refractivity contribution < 1.29 is 4.74 Å². The fourth-order valence-electron chi connectivity index (χ4n) is 3.87. The summed E-state index contributed by atoms with van der Waals surface area (Å²) in [5.74, 6) is 0.725. The quantitative estimate of drug-likeness (QED) is 0.859. The maximum atomic E-state index is 6.37. The summed E-state index contributed by atoms with van der Waals surface area (Å²) in [5, 5.41) is 3.69. The third kappa shape index (κ3) is 3.64. The molecule has 3 unspecified atom stereocenters. The first-order valence-corrected chi connectivity index (χ1v) is 8.40. The highest BCUT2D eigenvalue weighted by molar-refractivity contribution is 5.28. The Hall–Kier alpha value is -0.930. The van der Waals surface area contributed by atoms with Gasteiger partial charge in [-0.1, -0.05) is 26.7 Å². The molecule has 1 aromatic heterocycles. The molecule has 0 saturated heterocycles. The summed E-state index contributed by atoms with van der Waals surface area (Å²) in [6.07, 6.45) is 8.73. The molecule has 118 valence electrons. The molecule has 1 aromatic rings. The highest BCUT2D eigenvalue weighted by Crippen LogP contribution is 2.44. The molecule has 0 amide bonds. The van der Waals surface area contributed by atoms with E-state index in [9.17, 15) is 0 Å². The van der Waals surface area contributed by atoms with Gasteiger partial charge in [-0.3, -0.25) is 4.98 Å². The molecule has 0 aromatic carbocycles. The van der Waals surface area contributed by atoms with Crippen molar-refractivity contribution in [1.29, 1.82) is 0 Å². The minimum atomic E-state index is -0.0871. The van der Waals surface area contributed by atoms with Crippen LogP contribution in [0.15, 0.2) is 18.5 Å². The molecule has 21 heavy (non-hydrogen) atoms. The Morgan fingerprint density at radius 1 is 1.48 bits per heavy atom. The first kappa shape index (κ1) is 16.4. The van der Waals surface area contributed by atoms with Crippen LogP contribution in [0.25, 0.3) is 0 Å². The molecule has 1 N–H and O–H groups in total. The fourth-order valence-corrected chi connectivity index (χ4v) is 3.87. The van der Waals surface area contributed by atoms with Crippen LogP contribution in [0.3, 0.4) is 0 Å². The smallest absolute Gasteiger partial charge is 0.0879 e. The van der Waals surface area contributed by atoms with Crippen LogP contribution in [-0.2, 0) is 4.74 Å². The van der Waals surface area contributed by atoms with Gasteiger partial charge in [0.2, 0.25) is 0 Å². The molecule has 3 heteroatoms. The van der Waals surface area contributed by atoms with Crippen LogP contribution in [0.2, 0.25) is 0 Å². The van der Waals surface area contributed by atoms with Gasteiger partial charge in [-0.2, -0.15) is 0 Å². The van der Waals surface area contributed by atoms with Crippen molar-refractivity contribution in [3.63, 3.8) is 0 Å². The standard InChI is InChI=1S/C18H30N2O/c1-5-20-17(16-13-19-11-9-15(16)4)18(21-6-2)10-7-8-14(3)12-18/h9,11,13-14,17,20H,5-8,10,12H2,1-4H3. The van der Waals surface area contributed by atoms with Gasteiger partial charge in [-0.25, -0.2) is 0 Å².